The molecule has 0 aliphatic carbocycles. The Morgan fingerprint density at radius 3 is 2.59 bits per heavy atom. The van der Waals surface area contributed by atoms with Crippen molar-refractivity contribution in [3.05, 3.63) is 78.0 Å². The largest absolute Gasteiger partial charge is 0.470 e. The van der Waals surface area contributed by atoms with Gasteiger partial charge in [0.1, 0.15) is 5.69 Å². The Bertz CT molecular complexity index is 1160. The van der Waals surface area contributed by atoms with Crippen molar-refractivity contribution in [1.29, 1.82) is 0 Å². The molecule has 3 rings (SSSR count). The molecule has 2 heterocycles. The second kappa shape index (κ2) is 12.2. The van der Waals surface area contributed by atoms with Gasteiger partial charge >= 0.3 is 0 Å². The molecular formula is C19H14Br3ClN5O3Y-. The summed E-state index contributed by atoms with van der Waals surface area (Å²) in [5.41, 5.74) is 4.34. The average molecular weight is 724 g/mol. The van der Waals surface area contributed by atoms with Crippen molar-refractivity contribution in [2.75, 3.05) is 19.5 Å². The van der Waals surface area contributed by atoms with E-state index in [2.05, 4.69) is 68.5 Å². The van der Waals surface area contributed by atoms with E-state index in [0.717, 1.165) is 5.01 Å². The fourth-order valence-electron chi connectivity index (χ4n) is 2.72. The van der Waals surface area contributed by atoms with Crippen molar-refractivity contribution in [1.82, 2.24) is 14.6 Å². The molecule has 8 nitrogen and oxygen atoms in total. The van der Waals surface area contributed by atoms with Gasteiger partial charge in [0, 0.05) is 65.6 Å². The zero-order valence-corrected chi connectivity index (χ0v) is 25.0. The van der Waals surface area contributed by atoms with Gasteiger partial charge in [0.15, 0.2) is 5.82 Å². The zero-order valence-electron chi connectivity index (χ0n) is 16.6. The molecule has 1 aromatic carbocycles. The standard InChI is InChI=1S/C19H14Br3ClN5O3.Y/c1-27(26-31-2)19(30)12-6-10(20)7-13(22)16(12)25-18(29)15-8-11(21)9-28(15)17-14(23)4-3-5-24-17;/h3-9H,1-2H3,(H,25,29);/q-1;. The van der Waals surface area contributed by atoms with E-state index in [1.165, 1.54) is 14.2 Å². The Morgan fingerprint density at radius 2 is 1.94 bits per heavy atom. The van der Waals surface area contributed by atoms with E-state index in [1.54, 1.807) is 47.3 Å². The van der Waals surface area contributed by atoms with Crippen molar-refractivity contribution in [3.63, 3.8) is 0 Å². The van der Waals surface area contributed by atoms with Gasteiger partial charge in [-0.1, -0.05) is 27.5 Å². The normalized spacial score (nSPS) is 10.4. The maximum atomic E-state index is 13.2. The number of aromatic nitrogens is 2. The second-order valence-electron chi connectivity index (χ2n) is 6.08. The number of halogens is 4. The van der Waals surface area contributed by atoms with Gasteiger partial charge in [-0.25, -0.2) is 4.98 Å². The molecule has 13 heteroatoms. The predicted octanol–water partition coefficient (Wildman–Crippen LogP) is 5.99. The Balaban J connectivity index is 0.00000363. The number of rotatable bonds is 6. The van der Waals surface area contributed by atoms with Crippen LogP contribution in [0.1, 0.15) is 20.8 Å². The summed E-state index contributed by atoms with van der Waals surface area (Å²) in [4.78, 5) is 35.0. The zero-order chi connectivity index (χ0) is 22.7. The minimum atomic E-state index is -0.483. The van der Waals surface area contributed by atoms with Gasteiger partial charge in [0.05, 0.1) is 16.3 Å². The van der Waals surface area contributed by atoms with Crippen LogP contribution >= 0.6 is 59.4 Å². The molecule has 0 aliphatic rings. The average Bonchev–Trinajstić information content (AvgIpc) is 3.11. The monoisotopic (exact) mass is 721 g/mol. The van der Waals surface area contributed by atoms with E-state index >= 15 is 0 Å². The number of carbonyl (C=O) groups is 2. The summed E-state index contributed by atoms with van der Waals surface area (Å²) < 4.78 is 3.35. The van der Waals surface area contributed by atoms with Crippen LogP contribution in [0.15, 0.2) is 56.1 Å². The van der Waals surface area contributed by atoms with Gasteiger partial charge in [0.2, 0.25) is 5.91 Å². The number of nitrogens with one attached hydrogen (secondary N) is 1. The maximum Gasteiger partial charge on any atom is 0.272 e. The number of anilines is 1. The minimum Gasteiger partial charge on any atom is -0.470 e. The molecule has 0 unspecified atom stereocenters. The van der Waals surface area contributed by atoms with Gasteiger partial charge in [0.25, 0.3) is 5.91 Å². The maximum absolute atomic E-state index is 13.2. The Kier molecular flexibility index (Phi) is 10.5. The Labute approximate surface area is 239 Å². The van der Waals surface area contributed by atoms with Gasteiger partial charge in [-0.15, -0.1) is 0 Å². The molecule has 0 atom stereocenters. The van der Waals surface area contributed by atoms with E-state index in [4.69, 9.17) is 11.6 Å². The molecular weight excluding hydrogens is 710 g/mol. The number of amides is 2. The molecule has 1 radical (unpaired) electrons. The topological polar surface area (TPSA) is 90.6 Å². The predicted molar refractivity (Wildman–Crippen MR) is 129 cm³/mol. The Hall–Kier alpha value is -0.656. The summed E-state index contributed by atoms with van der Waals surface area (Å²) in [6.45, 7) is 0. The summed E-state index contributed by atoms with van der Waals surface area (Å²) in [5, 5.41) is 4.20. The molecule has 0 bridgehead atoms. The van der Waals surface area contributed by atoms with E-state index < -0.39 is 11.8 Å². The van der Waals surface area contributed by atoms with Crippen LogP contribution < -0.4 is 5.32 Å². The fraction of sp³-hybridized carbons (Fsp3) is 0.105. The minimum absolute atomic E-state index is 0. The van der Waals surface area contributed by atoms with Gasteiger partial charge in [-0.2, -0.15) is 0 Å². The van der Waals surface area contributed by atoms with Crippen LogP contribution in [0.3, 0.4) is 0 Å². The third-order valence-corrected chi connectivity index (χ3v) is 5.82. The van der Waals surface area contributed by atoms with Crippen molar-refractivity contribution in [2.45, 2.75) is 0 Å². The summed E-state index contributed by atoms with van der Waals surface area (Å²) in [6, 6.07) is 8.29. The van der Waals surface area contributed by atoms with E-state index in [-0.39, 0.29) is 49.7 Å². The molecule has 32 heavy (non-hydrogen) atoms. The van der Waals surface area contributed by atoms with Gasteiger partial charge in [-0.05, 0) is 69.2 Å². The van der Waals surface area contributed by atoms with Crippen LogP contribution in [-0.2, 0) is 37.5 Å². The number of nitrogens with zero attached hydrogens (tertiary/aromatic N) is 4. The molecule has 0 saturated heterocycles. The van der Waals surface area contributed by atoms with Crippen molar-refractivity contribution in [2.24, 2.45) is 0 Å². The third-order valence-electron chi connectivity index (χ3n) is 4.01. The number of benzene rings is 1. The first-order chi connectivity index (χ1) is 14.7. The molecule has 2 aromatic heterocycles. The van der Waals surface area contributed by atoms with E-state index in [0.29, 0.717) is 24.3 Å². The molecule has 0 fully saturated rings. The van der Waals surface area contributed by atoms with E-state index in [9.17, 15) is 9.59 Å². The molecule has 1 N–H and O–H groups in total. The van der Waals surface area contributed by atoms with Crippen LogP contribution in [-0.4, -0.2) is 40.5 Å². The van der Waals surface area contributed by atoms with Crippen LogP contribution in [0.5, 0.6) is 0 Å². The molecule has 0 spiro atoms. The summed E-state index contributed by atoms with van der Waals surface area (Å²) in [7, 11) is 2.77. The summed E-state index contributed by atoms with van der Waals surface area (Å²) in [5.74, 6) is -0.566. The van der Waals surface area contributed by atoms with Crippen LogP contribution in [0.2, 0.25) is 5.02 Å². The molecule has 165 valence electrons. The van der Waals surface area contributed by atoms with Crippen LogP contribution in [0.25, 0.3) is 11.4 Å². The fourth-order valence-corrected chi connectivity index (χ4v) is 4.67. The van der Waals surface area contributed by atoms with Crippen LogP contribution in [0, 0.1) is 0 Å². The number of carbonyl (C=O) groups excluding carboxylic acids is 2. The van der Waals surface area contributed by atoms with E-state index in [1.807, 2.05) is 0 Å². The van der Waals surface area contributed by atoms with Gasteiger partial charge in [-0.3, -0.25) is 14.2 Å². The molecule has 3 aromatic rings. The quantitative estimate of drug-likeness (QED) is 0.317. The van der Waals surface area contributed by atoms with Crippen LogP contribution in [0.4, 0.5) is 5.69 Å². The number of pyridine rings is 1. The van der Waals surface area contributed by atoms with Gasteiger partial charge < -0.3 is 20.8 Å². The van der Waals surface area contributed by atoms with Crippen molar-refractivity contribution < 1.29 is 47.1 Å². The van der Waals surface area contributed by atoms with Crippen molar-refractivity contribution >= 4 is 76.9 Å². The first-order valence-corrected chi connectivity index (χ1v) is 11.3. The first-order valence-electron chi connectivity index (χ1n) is 8.54. The number of hydrogen-bond donors (Lipinski definition) is 1. The first kappa shape index (κ1) is 27.6. The molecule has 0 aliphatic heterocycles. The third kappa shape index (κ3) is 6.26. The smallest absolute Gasteiger partial charge is 0.272 e. The summed E-state index contributed by atoms with van der Waals surface area (Å²) >= 11 is 16.4. The van der Waals surface area contributed by atoms with Crippen molar-refractivity contribution in [3.8, 4) is 5.82 Å². The SMILES string of the molecule is CO[N-]N(C)C(=O)c1cc(Br)cc(Br)c1NC(=O)c1cc(Br)cn1-c1ncccc1Cl.[Y]. The Morgan fingerprint density at radius 1 is 1.22 bits per heavy atom. The summed E-state index contributed by atoms with van der Waals surface area (Å²) in [6.07, 6.45) is 3.26. The molecule has 2 amide bonds. The number of hydrogen-bond acceptors (Lipinski definition) is 4. The second-order valence-corrected chi connectivity index (χ2v) is 9.17. The molecule has 0 saturated carbocycles.